The number of hydrogen-bond donors (Lipinski definition) is 3. The van der Waals surface area contributed by atoms with Crippen molar-refractivity contribution in [1.29, 1.82) is 0 Å². The molecule has 1 aliphatic rings. The molecule has 3 aromatic rings. The summed E-state index contributed by atoms with van der Waals surface area (Å²) in [6.07, 6.45) is 6.19. The Morgan fingerprint density at radius 3 is 2.12 bits per heavy atom. The fourth-order valence-electron chi connectivity index (χ4n) is 3.11. The van der Waals surface area contributed by atoms with E-state index >= 15 is 0 Å². The number of nitrogen functional groups attached to an aromatic ring is 2. The van der Waals surface area contributed by atoms with Gasteiger partial charge in [-0.2, -0.15) is 0 Å². The smallest absolute Gasteiger partial charge is 0.0346 e. The maximum Gasteiger partial charge on any atom is 0.0346 e. The molecule has 1 aromatic heterocycles. The zero-order chi connectivity index (χ0) is 18.2. The first-order valence-electron chi connectivity index (χ1n) is 9.04. The Hall–Kier alpha value is -2.85. The van der Waals surface area contributed by atoms with E-state index in [0.717, 1.165) is 29.0 Å². The molecule has 0 aliphatic carbocycles. The van der Waals surface area contributed by atoms with E-state index in [2.05, 4.69) is 22.4 Å². The molecule has 0 saturated carbocycles. The summed E-state index contributed by atoms with van der Waals surface area (Å²) in [4.78, 5) is 4.05. The Kier molecular flexibility index (Phi) is 6.23. The first-order chi connectivity index (χ1) is 12.7. The summed E-state index contributed by atoms with van der Waals surface area (Å²) in [6, 6.07) is 20.0. The molecule has 4 nitrogen and oxygen atoms in total. The van der Waals surface area contributed by atoms with Crippen LogP contribution < -0.4 is 16.8 Å². The van der Waals surface area contributed by atoms with E-state index in [-0.39, 0.29) is 0 Å². The average Bonchev–Trinajstić information content (AvgIpc) is 2.71. The van der Waals surface area contributed by atoms with Crippen molar-refractivity contribution in [2.24, 2.45) is 0 Å². The minimum Gasteiger partial charge on any atom is -0.399 e. The first-order valence-corrected chi connectivity index (χ1v) is 9.04. The molecular weight excluding hydrogens is 320 g/mol. The molecular formula is C22H26N4. The second-order valence-corrected chi connectivity index (χ2v) is 6.57. The monoisotopic (exact) mass is 346 g/mol. The van der Waals surface area contributed by atoms with E-state index in [1.165, 1.54) is 24.9 Å². The van der Waals surface area contributed by atoms with Crippen molar-refractivity contribution in [3.63, 3.8) is 0 Å². The van der Waals surface area contributed by atoms with Crippen molar-refractivity contribution >= 4 is 11.4 Å². The standard InChI is InChI=1S/C11H16N2.C11H10N2/c2*12-11-5-3-9(4-6-11)10-2-1-7-13-8-10/h3-6,10,13H,1-2,7-8,12H2;1-8H,12H2. The molecule has 2 aromatic carbocycles. The van der Waals surface area contributed by atoms with Crippen LogP contribution in [-0.4, -0.2) is 18.1 Å². The van der Waals surface area contributed by atoms with E-state index in [1.54, 1.807) is 6.20 Å². The summed E-state index contributed by atoms with van der Waals surface area (Å²) in [5.74, 6) is 0.689. The van der Waals surface area contributed by atoms with Crippen molar-refractivity contribution in [3.05, 3.63) is 78.6 Å². The second kappa shape index (κ2) is 9.02. The molecule has 26 heavy (non-hydrogen) atoms. The van der Waals surface area contributed by atoms with Crippen LogP contribution in [0.4, 0.5) is 11.4 Å². The van der Waals surface area contributed by atoms with E-state index in [9.17, 15) is 0 Å². The fourth-order valence-corrected chi connectivity index (χ4v) is 3.11. The lowest BCUT2D eigenvalue weighted by Crippen LogP contribution is -2.28. The maximum atomic E-state index is 5.64. The van der Waals surface area contributed by atoms with Gasteiger partial charge in [-0.15, -0.1) is 0 Å². The van der Waals surface area contributed by atoms with Gasteiger partial charge in [-0.05, 0) is 72.3 Å². The molecule has 1 fully saturated rings. The largest absolute Gasteiger partial charge is 0.399 e. The third-order valence-electron chi connectivity index (χ3n) is 4.61. The number of hydrogen-bond acceptors (Lipinski definition) is 4. The molecule has 1 saturated heterocycles. The van der Waals surface area contributed by atoms with Crippen LogP contribution in [0, 0.1) is 0 Å². The van der Waals surface area contributed by atoms with Gasteiger partial charge < -0.3 is 16.8 Å². The van der Waals surface area contributed by atoms with Crippen molar-refractivity contribution in [2.75, 3.05) is 24.6 Å². The zero-order valence-electron chi connectivity index (χ0n) is 14.9. The Labute approximate surface area is 155 Å². The number of nitrogens with two attached hydrogens (primary N) is 2. The Balaban J connectivity index is 0.000000151. The lowest BCUT2D eigenvalue weighted by atomic mass is 9.92. The van der Waals surface area contributed by atoms with Crippen molar-refractivity contribution in [3.8, 4) is 11.1 Å². The van der Waals surface area contributed by atoms with Gasteiger partial charge in [0.2, 0.25) is 0 Å². The maximum absolute atomic E-state index is 5.64. The van der Waals surface area contributed by atoms with Crippen LogP contribution in [0.2, 0.25) is 0 Å². The number of benzene rings is 2. The summed E-state index contributed by atoms with van der Waals surface area (Å²) in [5.41, 5.74) is 16.5. The molecule has 4 rings (SSSR count). The van der Waals surface area contributed by atoms with Gasteiger partial charge in [-0.3, -0.25) is 4.98 Å². The van der Waals surface area contributed by atoms with E-state index in [0.29, 0.717) is 5.92 Å². The Morgan fingerprint density at radius 1 is 0.846 bits per heavy atom. The number of pyridine rings is 1. The number of aromatic nitrogens is 1. The molecule has 1 aliphatic heterocycles. The summed E-state index contributed by atoms with van der Waals surface area (Å²) < 4.78 is 0. The molecule has 5 N–H and O–H groups in total. The summed E-state index contributed by atoms with van der Waals surface area (Å²) in [7, 11) is 0. The van der Waals surface area contributed by atoms with Crippen molar-refractivity contribution in [2.45, 2.75) is 18.8 Å². The summed E-state index contributed by atoms with van der Waals surface area (Å²) in [6.45, 7) is 2.29. The lowest BCUT2D eigenvalue weighted by Gasteiger charge is -2.23. The molecule has 2 heterocycles. The quantitative estimate of drug-likeness (QED) is 0.611. The van der Waals surface area contributed by atoms with Gasteiger partial charge in [0.1, 0.15) is 0 Å². The number of nitrogens with zero attached hydrogens (tertiary/aromatic N) is 1. The van der Waals surface area contributed by atoms with Crippen molar-refractivity contribution in [1.82, 2.24) is 10.3 Å². The molecule has 0 bridgehead atoms. The first kappa shape index (κ1) is 18.0. The van der Waals surface area contributed by atoms with Gasteiger partial charge in [-0.25, -0.2) is 0 Å². The molecule has 0 amide bonds. The zero-order valence-corrected chi connectivity index (χ0v) is 14.9. The third-order valence-corrected chi connectivity index (χ3v) is 4.61. The predicted molar refractivity (Wildman–Crippen MR) is 110 cm³/mol. The van der Waals surface area contributed by atoms with E-state index in [1.807, 2.05) is 54.7 Å². The number of nitrogens with one attached hydrogen (secondary N) is 1. The Bertz CT molecular complexity index is 777. The van der Waals surface area contributed by atoms with Crippen molar-refractivity contribution < 1.29 is 0 Å². The van der Waals surface area contributed by atoms with Gasteiger partial charge in [0.05, 0.1) is 0 Å². The van der Waals surface area contributed by atoms with Crippen LogP contribution in [0.3, 0.4) is 0 Å². The van der Waals surface area contributed by atoms with Crippen LogP contribution in [0.1, 0.15) is 24.3 Å². The molecule has 0 spiro atoms. The van der Waals surface area contributed by atoms with E-state index < -0.39 is 0 Å². The molecule has 134 valence electrons. The van der Waals surface area contributed by atoms with Crippen LogP contribution in [0.15, 0.2) is 73.1 Å². The minimum absolute atomic E-state index is 0.689. The average molecular weight is 346 g/mol. The molecule has 1 atom stereocenters. The molecule has 4 heteroatoms. The topological polar surface area (TPSA) is 77.0 Å². The number of anilines is 2. The van der Waals surface area contributed by atoms with Crippen LogP contribution >= 0.6 is 0 Å². The van der Waals surface area contributed by atoms with Gasteiger partial charge in [-0.1, -0.05) is 30.3 Å². The summed E-state index contributed by atoms with van der Waals surface area (Å²) >= 11 is 0. The highest BCUT2D eigenvalue weighted by molar-refractivity contribution is 5.64. The minimum atomic E-state index is 0.689. The van der Waals surface area contributed by atoms with Gasteiger partial charge in [0.15, 0.2) is 0 Å². The third kappa shape index (κ3) is 5.07. The lowest BCUT2D eigenvalue weighted by molar-refractivity contribution is 0.461. The van der Waals surface area contributed by atoms with E-state index in [4.69, 9.17) is 11.5 Å². The SMILES string of the molecule is Nc1ccc(-c2cccnc2)cc1.Nc1ccc(C2CCCNC2)cc1. The highest BCUT2D eigenvalue weighted by Crippen LogP contribution is 2.23. The van der Waals surface area contributed by atoms with Crippen LogP contribution in [0.25, 0.3) is 11.1 Å². The van der Waals surface area contributed by atoms with Crippen LogP contribution in [0.5, 0.6) is 0 Å². The number of piperidine rings is 1. The molecule has 1 unspecified atom stereocenters. The highest BCUT2D eigenvalue weighted by atomic mass is 14.9. The summed E-state index contributed by atoms with van der Waals surface area (Å²) in [5, 5.41) is 3.42. The van der Waals surface area contributed by atoms with Gasteiger partial charge in [0, 0.05) is 30.3 Å². The fraction of sp³-hybridized carbons (Fsp3) is 0.227. The van der Waals surface area contributed by atoms with Gasteiger partial charge in [0.25, 0.3) is 0 Å². The normalized spacial score (nSPS) is 16.4. The van der Waals surface area contributed by atoms with Gasteiger partial charge >= 0.3 is 0 Å². The number of rotatable bonds is 2. The second-order valence-electron chi connectivity index (χ2n) is 6.57. The predicted octanol–water partition coefficient (Wildman–Crippen LogP) is 4.07. The van der Waals surface area contributed by atoms with Crippen LogP contribution in [-0.2, 0) is 0 Å². The molecule has 0 radical (unpaired) electrons. The Morgan fingerprint density at radius 2 is 1.54 bits per heavy atom. The highest BCUT2D eigenvalue weighted by Gasteiger charge is 2.14.